The molecule has 1 aromatic carbocycles. The van der Waals surface area contributed by atoms with E-state index in [1.54, 1.807) is 38.1 Å². The Kier molecular flexibility index (Phi) is 6.22. The number of hydrogen-bond acceptors (Lipinski definition) is 4. The summed E-state index contributed by atoms with van der Waals surface area (Å²) < 4.78 is 4.80. The summed E-state index contributed by atoms with van der Waals surface area (Å²) in [6.07, 6.45) is -0.485. The summed E-state index contributed by atoms with van der Waals surface area (Å²) in [5, 5.41) is 8.64. The molecule has 1 aromatic rings. The fraction of sp³-hybridized carbons (Fsp3) is 0.500. The Hall–Kier alpha value is -2.24. The molecule has 0 fully saturated rings. The molecule has 122 valence electrons. The maximum absolute atomic E-state index is 12.0. The smallest absolute Gasteiger partial charge is 0.411 e. The van der Waals surface area contributed by atoms with Gasteiger partial charge in [0.15, 0.2) is 0 Å². The molecular formula is C16H25N3O3. The summed E-state index contributed by atoms with van der Waals surface area (Å²) in [6, 6.07) is 6.72. The second kappa shape index (κ2) is 7.68. The number of nitrogens with one attached hydrogen (secondary N) is 3. The first kappa shape index (κ1) is 17.8. The highest BCUT2D eigenvalue weighted by Gasteiger charge is 2.18. The van der Waals surface area contributed by atoms with E-state index in [-0.39, 0.29) is 17.5 Å². The van der Waals surface area contributed by atoms with Gasteiger partial charge in [-0.15, -0.1) is 0 Å². The molecular weight excluding hydrogens is 282 g/mol. The lowest BCUT2D eigenvalue weighted by molar-refractivity contribution is -0.122. The Morgan fingerprint density at radius 2 is 1.68 bits per heavy atom. The normalized spacial score (nSPS) is 12.2. The Morgan fingerprint density at radius 1 is 1.14 bits per heavy atom. The maximum Gasteiger partial charge on any atom is 0.411 e. The Labute approximate surface area is 131 Å². The van der Waals surface area contributed by atoms with Crippen LogP contribution in [0.25, 0.3) is 0 Å². The quantitative estimate of drug-likeness (QED) is 0.781. The second-order valence-electron chi connectivity index (χ2n) is 6.03. The van der Waals surface area contributed by atoms with E-state index >= 15 is 0 Å². The van der Waals surface area contributed by atoms with Gasteiger partial charge >= 0.3 is 6.09 Å². The molecule has 0 aliphatic carbocycles. The zero-order valence-electron chi connectivity index (χ0n) is 13.8. The lowest BCUT2D eigenvalue weighted by Gasteiger charge is -2.24. The van der Waals surface area contributed by atoms with E-state index in [1.165, 1.54) is 0 Å². The molecule has 3 N–H and O–H groups in total. The summed E-state index contributed by atoms with van der Waals surface area (Å²) in [7, 11) is 0. The molecule has 0 aliphatic rings. The van der Waals surface area contributed by atoms with Crippen LogP contribution in [0.4, 0.5) is 16.2 Å². The lowest BCUT2D eigenvalue weighted by atomic mass is 10.1. The standard InChI is InChI=1S/C16H25N3O3/c1-6-22-15(21)18-13-9-7-12(8-10-13)17-11(2)14(20)19-16(3,4)5/h7-11,17H,6H2,1-5H3,(H,18,21)(H,19,20)/t11-/m1/s1. The van der Waals surface area contributed by atoms with Crippen molar-refractivity contribution in [3.05, 3.63) is 24.3 Å². The Balaban J connectivity index is 2.56. The molecule has 0 bridgehead atoms. The molecule has 1 atom stereocenters. The van der Waals surface area contributed by atoms with Crippen LogP contribution in [0.15, 0.2) is 24.3 Å². The zero-order valence-corrected chi connectivity index (χ0v) is 13.8. The van der Waals surface area contributed by atoms with Gasteiger partial charge < -0.3 is 15.4 Å². The van der Waals surface area contributed by atoms with Gasteiger partial charge in [-0.2, -0.15) is 0 Å². The first-order valence-electron chi connectivity index (χ1n) is 7.33. The van der Waals surface area contributed by atoms with Crippen LogP contribution in [-0.4, -0.2) is 30.2 Å². The van der Waals surface area contributed by atoms with Crippen molar-refractivity contribution in [2.45, 2.75) is 46.2 Å². The molecule has 6 nitrogen and oxygen atoms in total. The van der Waals surface area contributed by atoms with Gasteiger partial charge in [-0.1, -0.05) is 0 Å². The maximum atomic E-state index is 12.0. The molecule has 0 saturated carbocycles. The van der Waals surface area contributed by atoms with E-state index in [4.69, 9.17) is 4.74 Å². The molecule has 0 aliphatic heterocycles. The third-order valence-corrected chi connectivity index (χ3v) is 2.68. The van der Waals surface area contributed by atoms with Crippen LogP contribution in [0.5, 0.6) is 0 Å². The lowest BCUT2D eigenvalue weighted by Crippen LogP contribution is -2.47. The van der Waals surface area contributed by atoms with Crippen molar-refractivity contribution in [2.75, 3.05) is 17.2 Å². The van der Waals surface area contributed by atoms with Crippen molar-refractivity contribution in [1.29, 1.82) is 0 Å². The fourth-order valence-corrected chi connectivity index (χ4v) is 1.73. The summed E-state index contributed by atoms with van der Waals surface area (Å²) in [5.74, 6) is -0.0683. The minimum absolute atomic E-state index is 0.0683. The van der Waals surface area contributed by atoms with Crippen molar-refractivity contribution < 1.29 is 14.3 Å². The van der Waals surface area contributed by atoms with Crippen molar-refractivity contribution in [3.63, 3.8) is 0 Å². The van der Waals surface area contributed by atoms with Crippen LogP contribution in [-0.2, 0) is 9.53 Å². The molecule has 0 radical (unpaired) electrons. The van der Waals surface area contributed by atoms with Crippen LogP contribution < -0.4 is 16.0 Å². The van der Waals surface area contributed by atoms with Crippen LogP contribution in [0, 0.1) is 0 Å². The van der Waals surface area contributed by atoms with Crippen molar-refractivity contribution in [2.24, 2.45) is 0 Å². The Bertz CT molecular complexity index is 506. The predicted octanol–water partition coefficient (Wildman–Crippen LogP) is 2.97. The van der Waals surface area contributed by atoms with Gasteiger partial charge in [-0.25, -0.2) is 4.79 Å². The van der Waals surface area contributed by atoms with Gasteiger partial charge in [0.05, 0.1) is 6.61 Å². The summed E-state index contributed by atoms with van der Waals surface area (Å²) >= 11 is 0. The number of benzene rings is 1. The minimum atomic E-state index is -0.485. The molecule has 0 saturated heterocycles. The number of hydrogen-bond donors (Lipinski definition) is 3. The van der Waals surface area contributed by atoms with Crippen LogP contribution >= 0.6 is 0 Å². The highest BCUT2D eigenvalue weighted by molar-refractivity contribution is 5.86. The van der Waals surface area contributed by atoms with E-state index in [2.05, 4.69) is 16.0 Å². The number of ether oxygens (including phenoxy) is 1. The molecule has 0 spiro atoms. The average Bonchev–Trinajstić information content (AvgIpc) is 2.39. The minimum Gasteiger partial charge on any atom is -0.450 e. The first-order chi connectivity index (χ1) is 10.2. The molecule has 2 amide bonds. The van der Waals surface area contributed by atoms with E-state index in [0.717, 1.165) is 5.69 Å². The molecule has 22 heavy (non-hydrogen) atoms. The number of amides is 2. The van der Waals surface area contributed by atoms with Gasteiger partial charge in [-0.3, -0.25) is 10.1 Å². The largest absolute Gasteiger partial charge is 0.450 e. The summed E-state index contributed by atoms with van der Waals surface area (Å²) in [4.78, 5) is 23.3. The SMILES string of the molecule is CCOC(=O)Nc1ccc(N[C@H](C)C(=O)NC(C)(C)C)cc1. The molecule has 0 heterocycles. The second-order valence-corrected chi connectivity index (χ2v) is 6.03. The van der Waals surface area contributed by atoms with Gasteiger partial charge in [0.2, 0.25) is 5.91 Å². The average molecular weight is 307 g/mol. The van der Waals surface area contributed by atoms with Crippen LogP contribution in [0.1, 0.15) is 34.6 Å². The van der Waals surface area contributed by atoms with Crippen LogP contribution in [0.2, 0.25) is 0 Å². The van der Waals surface area contributed by atoms with Gasteiger partial charge in [0.1, 0.15) is 6.04 Å². The van der Waals surface area contributed by atoms with E-state index in [9.17, 15) is 9.59 Å². The number of carbonyl (C=O) groups excluding carboxylic acids is 2. The number of anilines is 2. The molecule has 6 heteroatoms. The van der Waals surface area contributed by atoms with E-state index in [1.807, 2.05) is 20.8 Å². The first-order valence-corrected chi connectivity index (χ1v) is 7.33. The molecule has 1 rings (SSSR count). The number of rotatable bonds is 5. The highest BCUT2D eigenvalue weighted by Crippen LogP contribution is 2.15. The number of carbonyl (C=O) groups is 2. The van der Waals surface area contributed by atoms with E-state index < -0.39 is 6.09 Å². The van der Waals surface area contributed by atoms with Crippen LogP contribution in [0.3, 0.4) is 0 Å². The van der Waals surface area contributed by atoms with Crippen molar-refractivity contribution in [1.82, 2.24) is 5.32 Å². The third-order valence-electron chi connectivity index (χ3n) is 2.68. The van der Waals surface area contributed by atoms with Crippen molar-refractivity contribution >= 4 is 23.4 Å². The third kappa shape index (κ3) is 6.47. The molecule has 0 unspecified atom stereocenters. The summed E-state index contributed by atoms with van der Waals surface area (Å²) in [5.41, 5.74) is 1.17. The molecule has 0 aromatic heterocycles. The van der Waals surface area contributed by atoms with Gasteiger partial charge in [0.25, 0.3) is 0 Å². The predicted molar refractivity (Wildman–Crippen MR) is 88.1 cm³/mol. The zero-order chi connectivity index (χ0) is 16.8. The highest BCUT2D eigenvalue weighted by atomic mass is 16.5. The topological polar surface area (TPSA) is 79.5 Å². The monoisotopic (exact) mass is 307 g/mol. The summed E-state index contributed by atoms with van der Waals surface area (Å²) in [6.45, 7) is 9.68. The van der Waals surface area contributed by atoms with Gasteiger partial charge in [0, 0.05) is 16.9 Å². The van der Waals surface area contributed by atoms with Crippen molar-refractivity contribution in [3.8, 4) is 0 Å². The fourth-order valence-electron chi connectivity index (χ4n) is 1.73. The van der Waals surface area contributed by atoms with E-state index in [0.29, 0.717) is 12.3 Å². The Morgan fingerprint density at radius 3 is 2.18 bits per heavy atom. The van der Waals surface area contributed by atoms with Gasteiger partial charge in [-0.05, 0) is 58.9 Å².